The number of thiazole rings is 1. The number of hydrogen-bond acceptors (Lipinski definition) is 5. The SMILES string of the molecule is CCNC(=NCc1ncc(C(C)(C)C)o1)NCc1nc(C(C)C)cs1. The van der Waals surface area contributed by atoms with Crippen LogP contribution in [0, 0.1) is 0 Å². The molecule has 0 aliphatic carbocycles. The zero-order valence-electron chi connectivity index (χ0n) is 16.0. The van der Waals surface area contributed by atoms with E-state index in [1.165, 1.54) is 0 Å². The normalized spacial score (nSPS) is 12.7. The average Bonchev–Trinajstić information content (AvgIpc) is 3.18. The highest BCUT2D eigenvalue weighted by Gasteiger charge is 2.19. The first-order chi connectivity index (χ1) is 11.8. The van der Waals surface area contributed by atoms with Gasteiger partial charge >= 0.3 is 0 Å². The second-order valence-electron chi connectivity index (χ2n) is 7.24. The summed E-state index contributed by atoms with van der Waals surface area (Å²) in [5, 5.41) is 9.72. The van der Waals surface area contributed by atoms with Crippen molar-refractivity contribution in [3.05, 3.63) is 33.9 Å². The summed E-state index contributed by atoms with van der Waals surface area (Å²) < 4.78 is 5.79. The molecule has 6 nitrogen and oxygen atoms in total. The quantitative estimate of drug-likeness (QED) is 0.603. The molecule has 0 saturated heterocycles. The minimum Gasteiger partial charge on any atom is -0.443 e. The van der Waals surface area contributed by atoms with Crippen molar-refractivity contribution >= 4 is 17.3 Å². The molecule has 0 amide bonds. The highest BCUT2D eigenvalue weighted by Crippen LogP contribution is 2.22. The predicted octanol–water partition coefficient (Wildman–Crippen LogP) is 3.81. The zero-order valence-corrected chi connectivity index (χ0v) is 16.8. The van der Waals surface area contributed by atoms with E-state index in [2.05, 4.69) is 65.6 Å². The van der Waals surface area contributed by atoms with E-state index >= 15 is 0 Å². The van der Waals surface area contributed by atoms with Crippen LogP contribution in [0.25, 0.3) is 0 Å². The van der Waals surface area contributed by atoms with Gasteiger partial charge in [-0.1, -0.05) is 34.6 Å². The number of aromatic nitrogens is 2. The molecule has 0 aliphatic rings. The van der Waals surface area contributed by atoms with Crippen LogP contribution in [0.4, 0.5) is 0 Å². The van der Waals surface area contributed by atoms with Crippen LogP contribution < -0.4 is 10.6 Å². The fourth-order valence-electron chi connectivity index (χ4n) is 2.05. The van der Waals surface area contributed by atoms with E-state index in [-0.39, 0.29) is 5.41 Å². The monoisotopic (exact) mass is 363 g/mol. The second-order valence-corrected chi connectivity index (χ2v) is 8.18. The summed E-state index contributed by atoms with van der Waals surface area (Å²) in [5.74, 6) is 2.69. The van der Waals surface area contributed by atoms with Crippen LogP contribution in [-0.4, -0.2) is 22.5 Å². The van der Waals surface area contributed by atoms with E-state index in [1.807, 2.05) is 6.92 Å². The number of oxazole rings is 1. The molecule has 0 radical (unpaired) electrons. The molecule has 0 unspecified atom stereocenters. The van der Waals surface area contributed by atoms with E-state index < -0.39 is 0 Å². The van der Waals surface area contributed by atoms with Gasteiger partial charge in [0.15, 0.2) is 5.96 Å². The summed E-state index contributed by atoms with van der Waals surface area (Å²) in [5.41, 5.74) is 1.09. The highest BCUT2D eigenvalue weighted by atomic mass is 32.1. The van der Waals surface area contributed by atoms with Crippen molar-refractivity contribution in [1.82, 2.24) is 20.6 Å². The summed E-state index contributed by atoms with van der Waals surface area (Å²) in [6.07, 6.45) is 1.79. The number of guanidine groups is 1. The Labute approximate surface area is 154 Å². The summed E-state index contributed by atoms with van der Waals surface area (Å²) in [6, 6.07) is 0. The van der Waals surface area contributed by atoms with Gasteiger partial charge in [0.05, 0.1) is 18.4 Å². The largest absolute Gasteiger partial charge is 0.443 e. The number of rotatable bonds is 6. The number of nitrogens with zero attached hydrogens (tertiary/aromatic N) is 3. The minimum absolute atomic E-state index is 0.0450. The van der Waals surface area contributed by atoms with Crippen LogP contribution in [-0.2, 0) is 18.5 Å². The first kappa shape index (κ1) is 19.4. The van der Waals surface area contributed by atoms with Gasteiger partial charge in [-0.15, -0.1) is 11.3 Å². The van der Waals surface area contributed by atoms with E-state index in [4.69, 9.17) is 4.42 Å². The Balaban J connectivity index is 1.96. The smallest absolute Gasteiger partial charge is 0.216 e. The van der Waals surface area contributed by atoms with Crippen LogP contribution in [0.15, 0.2) is 21.0 Å². The van der Waals surface area contributed by atoms with Gasteiger partial charge in [0, 0.05) is 17.3 Å². The molecule has 0 aliphatic heterocycles. The van der Waals surface area contributed by atoms with Gasteiger partial charge in [-0.25, -0.2) is 15.0 Å². The molecule has 2 heterocycles. The minimum atomic E-state index is -0.0450. The van der Waals surface area contributed by atoms with Crippen LogP contribution in [0.3, 0.4) is 0 Å². The van der Waals surface area contributed by atoms with Crippen molar-refractivity contribution in [2.24, 2.45) is 4.99 Å². The molecule has 138 valence electrons. The topological polar surface area (TPSA) is 75.3 Å². The molecular formula is C18H29N5OS. The Kier molecular flexibility index (Phi) is 6.58. The molecule has 0 saturated carbocycles. The van der Waals surface area contributed by atoms with Gasteiger partial charge in [0.2, 0.25) is 5.89 Å². The standard InChI is InChI=1S/C18H29N5OS/c1-7-19-17(22-10-16-23-13(11-25-16)12(2)3)21-9-15-20-8-14(24-15)18(4,5)6/h8,11-12H,7,9-10H2,1-6H3,(H2,19,21,22). The van der Waals surface area contributed by atoms with Crippen molar-refractivity contribution in [1.29, 1.82) is 0 Å². The van der Waals surface area contributed by atoms with Gasteiger partial charge in [0.25, 0.3) is 0 Å². The highest BCUT2D eigenvalue weighted by molar-refractivity contribution is 7.09. The molecular weight excluding hydrogens is 334 g/mol. The van der Waals surface area contributed by atoms with Crippen LogP contribution >= 0.6 is 11.3 Å². The lowest BCUT2D eigenvalue weighted by atomic mass is 9.94. The third kappa shape index (κ3) is 5.85. The third-order valence-electron chi connectivity index (χ3n) is 3.58. The summed E-state index contributed by atoms with van der Waals surface area (Å²) in [7, 11) is 0. The number of aliphatic imine (C=N–C) groups is 1. The van der Waals surface area contributed by atoms with Crippen molar-refractivity contribution in [3.8, 4) is 0 Å². The molecule has 2 rings (SSSR count). The molecule has 0 bridgehead atoms. The zero-order chi connectivity index (χ0) is 18.4. The van der Waals surface area contributed by atoms with E-state index in [0.717, 1.165) is 29.0 Å². The molecule has 0 spiro atoms. The average molecular weight is 364 g/mol. The van der Waals surface area contributed by atoms with Crippen molar-refractivity contribution in [2.45, 2.75) is 66.0 Å². The fourth-order valence-corrected chi connectivity index (χ4v) is 2.94. The lowest BCUT2D eigenvalue weighted by Gasteiger charge is -2.13. The number of hydrogen-bond donors (Lipinski definition) is 2. The van der Waals surface area contributed by atoms with Crippen LogP contribution in [0.2, 0.25) is 0 Å². The van der Waals surface area contributed by atoms with Gasteiger partial charge in [-0.2, -0.15) is 0 Å². The molecule has 2 aromatic heterocycles. The molecule has 0 atom stereocenters. The summed E-state index contributed by atoms with van der Waals surface area (Å²) in [4.78, 5) is 13.5. The van der Waals surface area contributed by atoms with Crippen LogP contribution in [0.5, 0.6) is 0 Å². The van der Waals surface area contributed by atoms with Crippen LogP contribution in [0.1, 0.15) is 69.8 Å². The predicted molar refractivity (Wildman–Crippen MR) is 103 cm³/mol. The van der Waals surface area contributed by atoms with Gasteiger partial charge < -0.3 is 15.1 Å². The fraction of sp³-hybridized carbons (Fsp3) is 0.611. The van der Waals surface area contributed by atoms with Crippen molar-refractivity contribution in [2.75, 3.05) is 6.54 Å². The van der Waals surface area contributed by atoms with E-state index in [0.29, 0.717) is 24.9 Å². The Bertz CT molecular complexity index is 696. The lowest BCUT2D eigenvalue weighted by molar-refractivity contribution is 0.383. The molecule has 25 heavy (non-hydrogen) atoms. The maximum Gasteiger partial charge on any atom is 0.216 e. The second kappa shape index (κ2) is 8.47. The van der Waals surface area contributed by atoms with Gasteiger partial charge in [-0.05, 0) is 12.8 Å². The first-order valence-electron chi connectivity index (χ1n) is 8.71. The third-order valence-corrected chi connectivity index (χ3v) is 4.44. The molecule has 0 fully saturated rings. The van der Waals surface area contributed by atoms with Gasteiger partial charge in [0.1, 0.15) is 17.3 Å². The Morgan fingerprint density at radius 2 is 2.08 bits per heavy atom. The molecule has 7 heteroatoms. The van der Waals surface area contributed by atoms with E-state index in [9.17, 15) is 0 Å². The lowest BCUT2D eigenvalue weighted by Crippen LogP contribution is -2.36. The summed E-state index contributed by atoms with van der Waals surface area (Å²) >= 11 is 1.67. The molecule has 0 aromatic carbocycles. The Morgan fingerprint density at radius 1 is 1.32 bits per heavy atom. The summed E-state index contributed by atoms with van der Waals surface area (Å²) in [6.45, 7) is 14.5. The van der Waals surface area contributed by atoms with Gasteiger partial charge in [-0.3, -0.25) is 0 Å². The van der Waals surface area contributed by atoms with Crippen molar-refractivity contribution < 1.29 is 4.42 Å². The van der Waals surface area contributed by atoms with E-state index in [1.54, 1.807) is 17.5 Å². The maximum atomic E-state index is 5.79. The molecule has 2 aromatic rings. The Morgan fingerprint density at radius 3 is 2.64 bits per heavy atom. The molecule has 2 N–H and O–H groups in total. The maximum absolute atomic E-state index is 5.79. The first-order valence-corrected chi connectivity index (χ1v) is 9.59. The number of nitrogens with one attached hydrogen (secondary N) is 2. The van der Waals surface area contributed by atoms with Crippen molar-refractivity contribution in [3.63, 3.8) is 0 Å². The Hall–Kier alpha value is -1.89.